The second-order valence-electron chi connectivity index (χ2n) is 6.24. The van der Waals surface area contributed by atoms with Crippen LogP contribution in [0.2, 0.25) is 0 Å². The van der Waals surface area contributed by atoms with Crippen molar-refractivity contribution in [2.75, 3.05) is 7.11 Å². The quantitative estimate of drug-likeness (QED) is 0.831. The summed E-state index contributed by atoms with van der Waals surface area (Å²) in [5, 5.41) is 0. The number of nitrogens with two attached hydrogens (primary N) is 1. The normalized spacial score (nSPS) is 19.8. The molecule has 0 bridgehead atoms. The summed E-state index contributed by atoms with van der Waals surface area (Å²) in [6, 6.07) is 8.27. The largest absolute Gasteiger partial charge is 0.497 e. The Morgan fingerprint density at radius 3 is 2.32 bits per heavy atom. The Morgan fingerprint density at radius 2 is 1.79 bits per heavy atom. The molecule has 1 aromatic carbocycles. The van der Waals surface area contributed by atoms with Gasteiger partial charge in [0.25, 0.3) is 0 Å². The van der Waals surface area contributed by atoms with Crippen LogP contribution in [-0.4, -0.2) is 7.11 Å². The predicted octanol–water partition coefficient (Wildman–Crippen LogP) is 4.23. The third-order valence-corrected chi connectivity index (χ3v) is 4.59. The molecule has 2 heteroatoms. The molecule has 2 N–H and O–H groups in total. The van der Waals surface area contributed by atoms with Crippen LogP contribution in [0.5, 0.6) is 5.75 Å². The van der Waals surface area contributed by atoms with E-state index in [-0.39, 0.29) is 5.54 Å². The van der Waals surface area contributed by atoms with Gasteiger partial charge in [0, 0.05) is 5.54 Å². The van der Waals surface area contributed by atoms with Crippen molar-refractivity contribution < 1.29 is 4.74 Å². The van der Waals surface area contributed by atoms with E-state index in [1.807, 2.05) is 12.1 Å². The van der Waals surface area contributed by atoms with E-state index >= 15 is 0 Å². The molecule has 106 valence electrons. The Hall–Kier alpha value is -1.02. The molecule has 19 heavy (non-hydrogen) atoms. The van der Waals surface area contributed by atoms with Crippen molar-refractivity contribution in [3.8, 4) is 5.75 Å². The summed E-state index contributed by atoms with van der Waals surface area (Å²) in [5.41, 5.74) is 8.21. The van der Waals surface area contributed by atoms with Crippen LogP contribution < -0.4 is 10.5 Å². The van der Waals surface area contributed by atoms with Crippen LogP contribution >= 0.6 is 0 Å². The van der Waals surface area contributed by atoms with Crippen LogP contribution in [0.15, 0.2) is 24.3 Å². The molecule has 1 aliphatic rings. The fraction of sp³-hybridized carbons (Fsp3) is 0.647. The fourth-order valence-electron chi connectivity index (χ4n) is 3.96. The van der Waals surface area contributed by atoms with Gasteiger partial charge in [-0.05, 0) is 48.8 Å². The summed E-state index contributed by atoms with van der Waals surface area (Å²) in [5.74, 6) is 0.908. The second kappa shape index (κ2) is 5.54. The molecule has 0 spiro atoms. The summed E-state index contributed by atoms with van der Waals surface area (Å²) in [7, 11) is 1.71. The van der Waals surface area contributed by atoms with Crippen LogP contribution in [0.25, 0.3) is 0 Å². The monoisotopic (exact) mass is 261 g/mol. The number of benzene rings is 1. The minimum absolute atomic E-state index is 0.140. The Labute approximate surface area is 117 Å². The van der Waals surface area contributed by atoms with E-state index in [9.17, 15) is 0 Å². The molecule has 0 radical (unpaired) electrons. The van der Waals surface area contributed by atoms with Crippen molar-refractivity contribution in [2.45, 2.75) is 57.9 Å². The van der Waals surface area contributed by atoms with Crippen LogP contribution in [0.1, 0.15) is 57.9 Å². The molecule has 0 aliphatic heterocycles. The highest BCUT2D eigenvalue weighted by molar-refractivity contribution is 5.36. The van der Waals surface area contributed by atoms with Crippen molar-refractivity contribution >= 4 is 0 Å². The van der Waals surface area contributed by atoms with Crippen molar-refractivity contribution in [2.24, 2.45) is 11.1 Å². The van der Waals surface area contributed by atoms with E-state index in [1.54, 1.807) is 7.11 Å². The first kappa shape index (κ1) is 14.4. The zero-order valence-corrected chi connectivity index (χ0v) is 12.5. The van der Waals surface area contributed by atoms with Gasteiger partial charge in [-0.25, -0.2) is 0 Å². The van der Waals surface area contributed by atoms with Gasteiger partial charge in [-0.3, -0.25) is 0 Å². The molecule has 1 aliphatic carbocycles. The Bertz CT molecular complexity index is 413. The lowest BCUT2D eigenvalue weighted by Crippen LogP contribution is -2.55. The minimum Gasteiger partial charge on any atom is -0.497 e. The molecule has 2 rings (SSSR count). The van der Waals surface area contributed by atoms with Gasteiger partial charge in [-0.15, -0.1) is 0 Å². The average Bonchev–Trinajstić information content (AvgIpc) is 2.37. The summed E-state index contributed by atoms with van der Waals surface area (Å²) < 4.78 is 5.31. The smallest absolute Gasteiger partial charge is 0.119 e. The van der Waals surface area contributed by atoms with Gasteiger partial charge < -0.3 is 10.5 Å². The number of ether oxygens (including phenoxy) is 1. The highest BCUT2D eigenvalue weighted by Gasteiger charge is 2.51. The summed E-state index contributed by atoms with van der Waals surface area (Å²) in [6.45, 7) is 4.55. The number of hydrogen-bond acceptors (Lipinski definition) is 2. The maximum Gasteiger partial charge on any atom is 0.119 e. The lowest BCUT2D eigenvalue weighted by Gasteiger charge is -2.55. The molecule has 1 aromatic rings. The lowest BCUT2D eigenvalue weighted by atomic mass is 9.52. The van der Waals surface area contributed by atoms with E-state index in [0.29, 0.717) is 5.41 Å². The topological polar surface area (TPSA) is 35.2 Å². The van der Waals surface area contributed by atoms with Gasteiger partial charge in [0.1, 0.15) is 5.75 Å². The molecule has 1 fully saturated rings. The second-order valence-corrected chi connectivity index (χ2v) is 6.24. The number of hydrogen-bond donors (Lipinski definition) is 1. The summed E-state index contributed by atoms with van der Waals surface area (Å²) in [4.78, 5) is 0. The lowest BCUT2D eigenvalue weighted by molar-refractivity contribution is 0.00612. The molecule has 0 amide bonds. The zero-order valence-electron chi connectivity index (χ0n) is 12.5. The molecule has 0 atom stereocenters. The molecule has 2 nitrogen and oxygen atoms in total. The van der Waals surface area contributed by atoms with E-state index in [4.69, 9.17) is 10.5 Å². The van der Waals surface area contributed by atoms with E-state index in [1.165, 1.54) is 31.2 Å². The highest BCUT2D eigenvalue weighted by atomic mass is 16.5. The molecule has 0 saturated heterocycles. The Kier molecular flexibility index (Phi) is 4.19. The maximum atomic E-state index is 6.63. The third-order valence-electron chi connectivity index (χ3n) is 4.59. The average molecular weight is 261 g/mol. The SMILES string of the molecule is CCCC1(CCC)CC(N)(c2cccc(OC)c2)C1. The first-order valence-electron chi connectivity index (χ1n) is 7.51. The molecule has 0 unspecified atom stereocenters. The summed E-state index contributed by atoms with van der Waals surface area (Å²) >= 11 is 0. The van der Waals surface area contributed by atoms with Crippen LogP contribution in [0.4, 0.5) is 0 Å². The fourth-order valence-corrected chi connectivity index (χ4v) is 3.96. The number of rotatable bonds is 6. The predicted molar refractivity (Wildman–Crippen MR) is 80.3 cm³/mol. The Balaban J connectivity index is 2.13. The first-order chi connectivity index (χ1) is 9.07. The number of methoxy groups -OCH3 is 1. The van der Waals surface area contributed by atoms with Crippen LogP contribution in [0.3, 0.4) is 0 Å². The van der Waals surface area contributed by atoms with Gasteiger partial charge in [-0.2, -0.15) is 0 Å². The van der Waals surface area contributed by atoms with E-state index < -0.39 is 0 Å². The minimum atomic E-state index is -0.140. The highest BCUT2D eigenvalue weighted by Crippen LogP contribution is 2.57. The first-order valence-corrected chi connectivity index (χ1v) is 7.51. The van der Waals surface area contributed by atoms with Crippen molar-refractivity contribution in [3.05, 3.63) is 29.8 Å². The van der Waals surface area contributed by atoms with Gasteiger partial charge in [0.15, 0.2) is 0 Å². The van der Waals surface area contributed by atoms with E-state index in [0.717, 1.165) is 18.6 Å². The molecule has 0 aromatic heterocycles. The van der Waals surface area contributed by atoms with Gasteiger partial charge in [0.2, 0.25) is 0 Å². The molecular formula is C17H27NO. The maximum absolute atomic E-state index is 6.63. The standard InChI is InChI=1S/C17H27NO/c1-4-9-16(10-5-2)12-17(18,13-16)14-7-6-8-15(11-14)19-3/h6-8,11H,4-5,9-10,12-13,18H2,1-3H3. The summed E-state index contributed by atoms with van der Waals surface area (Å²) in [6.07, 6.45) is 7.37. The van der Waals surface area contributed by atoms with Gasteiger partial charge in [0.05, 0.1) is 7.11 Å². The van der Waals surface area contributed by atoms with Crippen LogP contribution in [0, 0.1) is 5.41 Å². The zero-order chi connectivity index (χ0) is 13.9. The van der Waals surface area contributed by atoms with E-state index in [2.05, 4.69) is 26.0 Å². The molecular weight excluding hydrogens is 234 g/mol. The van der Waals surface area contributed by atoms with Gasteiger partial charge >= 0.3 is 0 Å². The van der Waals surface area contributed by atoms with Crippen molar-refractivity contribution in [1.29, 1.82) is 0 Å². The third kappa shape index (κ3) is 2.79. The van der Waals surface area contributed by atoms with Crippen molar-refractivity contribution in [1.82, 2.24) is 0 Å². The van der Waals surface area contributed by atoms with Gasteiger partial charge in [-0.1, -0.05) is 38.8 Å². The molecule has 1 saturated carbocycles. The molecule has 0 heterocycles. The Morgan fingerprint density at radius 1 is 1.16 bits per heavy atom. The van der Waals surface area contributed by atoms with Crippen LogP contribution in [-0.2, 0) is 5.54 Å². The van der Waals surface area contributed by atoms with Crippen molar-refractivity contribution in [3.63, 3.8) is 0 Å².